The van der Waals surface area contributed by atoms with E-state index in [4.69, 9.17) is 0 Å². The van der Waals surface area contributed by atoms with E-state index in [0.717, 1.165) is 25.7 Å². The Kier molecular flexibility index (Phi) is 3.89. The summed E-state index contributed by atoms with van der Waals surface area (Å²) >= 11 is 0. The summed E-state index contributed by atoms with van der Waals surface area (Å²) in [5.41, 5.74) is 0.512. The number of carbonyl (C=O) groups is 1. The van der Waals surface area contributed by atoms with Gasteiger partial charge in [-0.2, -0.15) is 0 Å². The van der Waals surface area contributed by atoms with Crippen molar-refractivity contribution in [1.82, 2.24) is 5.32 Å². The molecule has 17 heavy (non-hydrogen) atoms. The quantitative estimate of drug-likeness (QED) is 0.816. The highest BCUT2D eigenvalue weighted by Crippen LogP contribution is 2.27. The molecule has 1 aliphatic rings. The molecule has 1 saturated carbocycles. The molecule has 0 bridgehead atoms. The molecule has 2 rings (SSSR count). The van der Waals surface area contributed by atoms with E-state index in [1.165, 1.54) is 12.1 Å². The molecule has 0 atom stereocenters. The monoisotopic (exact) mass is 235 g/mol. The van der Waals surface area contributed by atoms with Gasteiger partial charge in [0, 0.05) is 17.5 Å². The van der Waals surface area contributed by atoms with Crippen LogP contribution in [0.2, 0.25) is 0 Å². The Labute approximate surface area is 101 Å². The van der Waals surface area contributed by atoms with Crippen molar-refractivity contribution in [1.29, 1.82) is 0 Å². The maximum Gasteiger partial charge on any atom is 0.166 e. The first-order valence-corrected chi connectivity index (χ1v) is 6.17. The zero-order valence-electron chi connectivity index (χ0n) is 10.1. The van der Waals surface area contributed by atoms with Gasteiger partial charge in [-0.1, -0.05) is 12.1 Å². The third kappa shape index (κ3) is 2.91. The van der Waals surface area contributed by atoms with Gasteiger partial charge < -0.3 is 5.32 Å². The fourth-order valence-corrected chi connectivity index (χ4v) is 2.52. The van der Waals surface area contributed by atoms with Crippen LogP contribution in [0.3, 0.4) is 0 Å². The van der Waals surface area contributed by atoms with Crippen LogP contribution in [0.5, 0.6) is 0 Å². The number of benzene rings is 1. The molecule has 1 fully saturated rings. The van der Waals surface area contributed by atoms with Crippen molar-refractivity contribution < 1.29 is 9.18 Å². The van der Waals surface area contributed by atoms with E-state index < -0.39 is 0 Å². The van der Waals surface area contributed by atoms with Crippen molar-refractivity contribution in [3.8, 4) is 0 Å². The zero-order chi connectivity index (χ0) is 12.3. The number of halogens is 1. The lowest BCUT2D eigenvalue weighted by Crippen LogP contribution is -2.32. The van der Waals surface area contributed by atoms with Crippen molar-refractivity contribution >= 4 is 5.78 Å². The summed E-state index contributed by atoms with van der Waals surface area (Å²) in [4.78, 5) is 12.2. The first-order chi connectivity index (χ1) is 8.20. The first kappa shape index (κ1) is 12.2. The predicted octanol–water partition coefficient (Wildman–Crippen LogP) is 2.79. The van der Waals surface area contributed by atoms with E-state index in [-0.39, 0.29) is 17.5 Å². The minimum Gasteiger partial charge on any atom is -0.317 e. The van der Waals surface area contributed by atoms with E-state index >= 15 is 0 Å². The molecule has 92 valence electrons. The largest absolute Gasteiger partial charge is 0.317 e. The van der Waals surface area contributed by atoms with Crippen molar-refractivity contribution in [3.63, 3.8) is 0 Å². The van der Waals surface area contributed by atoms with E-state index in [1.54, 1.807) is 12.1 Å². The topological polar surface area (TPSA) is 29.1 Å². The second-order valence-corrected chi connectivity index (χ2v) is 4.71. The van der Waals surface area contributed by atoms with Gasteiger partial charge in [-0.05, 0) is 44.9 Å². The number of carbonyl (C=O) groups excluding carboxylic acids is 1. The minimum absolute atomic E-state index is 0.0707. The number of hydrogen-bond donors (Lipinski definition) is 1. The van der Waals surface area contributed by atoms with Crippen LogP contribution < -0.4 is 5.32 Å². The van der Waals surface area contributed by atoms with Crippen molar-refractivity contribution in [2.75, 3.05) is 7.05 Å². The molecule has 1 N–H and O–H groups in total. The maximum absolute atomic E-state index is 13.0. The lowest BCUT2D eigenvalue weighted by atomic mass is 9.81. The van der Waals surface area contributed by atoms with Gasteiger partial charge in [-0.25, -0.2) is 4.39 Å². The van der Waals surface area contributed by atoms with Crippen LogP contribution in [0, 0.1) is 11.7 Å². The fraction of sp³-hybridized carbons (Fsp3) is 0.500. The van der Waals surface area contributed by atoms with Gasteiger partial charge >= 0.3 is 0 Å². The average Bonchev–Trinajstić information content (AvgIpc) is 2.38. The lowest BCUT2D eigenvalue weighted by Gasteiger charge is -2.27. The SMILES string of the molecule is CNC1CCC(C(=O)c2cccc(F)c2)CC1. The third-order valence-corrected chi connectivity index (χ3v) is 3.62. The smallest absolute Gasteiger partial charge is 0.166 e. The molecule has 0 amide bonds. The van der Waals surface area contributed by atoms with Gasteiger partial charge in [0.2, 0.25) is 0 Å². The zero-order valence-corrected chi connectivity index (χ0v) is 10.1. The van der Waals surface area contributed by atoms with Gasteiger partial charge in [0.25, 0.3) is 0 Å². The highest BCUT2D eigenvalue weighted by atomic mass is 19.1. The average molecular weight is 235 g/mol. The molecular weight excluding hydrogens is 217 g/mol. The summed E-state index contributed by atoms with van der Waals surface area (Å²) in [5, 5.41) is 3.24. The number of Topliss-reactive ketones (excluding diaryl/α,β-unsaturated/α-hetero) is 1. The number of ketones is 1. The van der Waals surface area contributed by atoms with Crippen molar-refractivity contribution in [2.24, 2.45) is 5.92 Å². The Hall–Kier alpha value is -1.22. The first-order valence-electron chi connectivity index (χ1n) is 6.17. The second-order valence-electron chi connectivity index (χ2n) is 4.71. The van der Waals surface area contributed by atoms with Crippen molar-refractivity contribution in [3.05, 3.63) is 35.6 Å². The van der Waals surface area contributed by atoms with Crippen LogP contribution >= 0.6 is 0 Å². The highest BCUT2D eigenvalue weighted by Gasteiger charge is 2.26. The Balaban J connectivity index is 2.02. The van der Waals surface area contributed by atoms with Crippen LogP contribution in [0.25, 0.3) is 0 Å². The van der Waals surface area contributed by atoms with Gasteiger partial charge in [-0.15, -0.1) is 0 Å². The summed E-state index contributed by atoms with van der Waals surface area (Å²) in [6.07, 6.45) is 3.87. The molecule has 0 unspecified atom stereocenters. The normalized spacial score (nSPS) is 24.6. The lowest BCUT2D eigenvalue weighted by molar-refractivity contribution is 0.0880. The molecule has 0 aliphatic heterocycles. The molecule has 2 nitrogen and oxygen atoms in total. The summed E-state index contributed by atoms with van der Waals surface area (Å²) in [5.74, 6) is -0.166. The predicted molar refractivity (Wildman–Crippen MR) is 65.5 cm³/mol. The molecule has 0 aromatic heterocycles. The van der Waals surface area contributed by atoms with Crippen LogP contribution in [0.4, 0.5) is 4.39 Å². The van der Waals surface area contributed by atoms with Crippen molar-refractivity contribution in [2.45, 2.75) is 31.7 Å². The van der Waals surface area contributed by atoms with E-state index in [0.29, 0.717) is 11.6 Å². The molecule has 3 heteroatoms. The maximum atomic E-state index is 13.0. The van der Waals surface area contributed by atoms with E-state index in [9.17, 15) is 9.18 Å². The second kappa shape index (κ2) is 5.41. The molecule has 0 spiro atoms. The number of hydrogen-bond acceptors (Lipinski definition) is 2. The number of rotatable bonds is 3. The molecular formula is C14H18FNO. The summed E-state index contributed by atoms with van der Waals surface area (Å²) in [6, 6.07) is 6.55. The van der Waals surface area contributed by atoms with Gasteiger partial charge in [-0.3, -0.25) is 4.79 Å². The fourth-order valence-electron chi connectivity index (χ4n) is 2.52. The molecule has 1 aromatic rings. The number of nitrogens with one attached hydrogen (secondary N) is 1. The van der Waals surface area contributed by atoms with E-state index in [1.807, 2.05) is 7.05 Å². The van der Waals surface area contributed by atoms with Crippen LogP contribution in [0.15, 0.2) is 24.3 Å². The molecule has 1 aromatic carbocycles. The minimum atomic E-state index is -0.334. The molecule has 1 aliphatic carbocycles. The van der Waals surface area contributed by atoms with E-state index in [2.05, 4.69) is 5.32 Å². The third-order valence-electron chi connectivity index (χ3n) is 3.62. The van der Waals surface area contributed by atoms with Gasteiger partial charge in [0.1, 0.15) is 5.82 Å². The Bertz CT molecular complexity index is 397. The standard InChI is InChI=1S/C14H18FNO/c1-16-13-7-5-10(6-8-13)14(17)11-3-2-4-12(15)9-11/h2-4,9-10,13,16H,5-8H2,1H3. The molecule has 0 heterocycles. The Morgan fingerprint density at radius 1 is 1.29 bits per heavy atom. The van der Waals surface area contributed by atoms with Crippen LogP contribution in [0.1, 0.15) is 36.0 Å². The summed E-state index contributed by atoms with van der Waals surface area (Å²) in [6.45, 7) is 0. The highest BCUT2D eigenvalue weighted by molar-refractivity contribution is 5.97. The molecule has 0 saturated heterocycles. The summed E-state index contributed by atoms with van der Waals surface area (Å²) < 4.78 is 13.0. The Morgan fingerprint density at radius 3 is 2.59 bits per heavy atom. The molecule has 0 radical (unpaired) electrons. The summed E-state index contributed by atoms with van der Waals surface area (Å²) in [7, 11) is 1.96. The van der Waals surface area contributed by atoms with Gasteiger partial charge in [0.15, 0.2) is 5.78 Å². The Morgan fingerprint density at radius 2 is 2.00 bits per heavy atom. The van der Waals surface area contributed by atoms with Crippen LogP contribution in [-0.4, -0.2) is 18.9 Å². The van der Waals surface area contributed by atoms with Gasteiger partial charge in [0.05, 0.1) is 0 Å². The van der Waals surface area contributed by atoms with Crippen LogP contribution in [-0.2, 0) is 0 Å².